The molecule has 0 aromatic heterocycles. The third kappa shape index (κ3) is 4.41. The average Bonchev–Trinajstić information content (AvgIpc) is 2.54. The standard InChI is InChI=1S/C15H21Cl2N3O2/c1-22-11-3-6-18-15(21)20-9-7-19(8-10-20)13-5-2-4-12(16)14(13)17/h2,4-5H,3,6-11H2,1H3,(H,18,21). The van der Waals surface area contributed by atoms with E-state index in [4.69, 9.17) is 27.9 Å². The number of rotatable bonds is 5. The van der Waals surface area contributed by atoms with E-state index < -0.39 is 0 Å². The number of ether oxygens (including phenoxy) is 1. The highest BCUT2D eigenvalue weighted by Gasteiger charge is 2.22. The second-order valence-corrected chi connectivity index (χ2v) is 5.91. The van der Waals surface area contributed by atoms with Crippen LogP contribution in [0.15, 0.2) is 18.2 Å². The zero-order chi connectivity index (χ0) is 15.9. The van der Waals surface area contributed by atoms with Crippen molar-refractivity contribution in [3.63, 3.8) is 0 Å². The first-order valence-electron chi connectivity index (χ1n) is 7.34. The van der Waals surface area contributed by atoms with E-state index in [1.165, 1.54) is 0 Å². The Morgan fingerprint density at radius 3 is 2.68 bits per heavy atom. The summed E-state index contributed by atoms with van der Waals surface area (Å²) >= 11 is 12.3. The second kappa shape index (κ2) is 8.46. The maximum atomic E-state index is 12.0. The number of amides is 2. The third-order valence-electron chi connectivity index (χ3n) is 3.64. The van der Waals surface area contributed by atoms with Crippen molar-refractivity contribution in [2.75, 3.05) is 51.3 Å². The molecule has 1 aliphatic heterocycles. The number of benzene rings is 1. The SMILES string of the molecule is COCCCNC(=O)N1CCN(c2cccc(Cl)c2Cl)CC1. The van der Waals surface area contributed by atoms with Crippen molar-refractivity contribution in [1.82, 2.24) is 10.2 Å². The van der Waals surface area contributed by atoms with Crippen LogP contribution in [0.25, 0.3) is 0 Å². The van der Waals surface area contributed by atoms with Gasteiger partial charge in [0.1, 0.15) is 0 Å². The minimum Gasteiger partial charge on any atom is -0.385 e. The quantitative estimate of drug-likeness (QED) is 0.834. The van der Waals surface area contributed by atoms with Gasteiger partial charge in [0.2, 0.25) is 0 Å². The molecule has 1 N–H and O–H groups in total. The van der Waals surface area contributed by atoms with Crippen LogP contribution < -0.4 is 10.2 Å². The number of carbonyl (C=O) groups is 1. The smallest absolute Gasteiger partial charge is 0.317 e. The molecule has 2 rings (SSSR count). The predicted octanol–water partition coefficient (Wildman–Crippen LogP) is 2.86. The van der Waals surface area contributed by atoms with Gasteiger partial charge >= 0.3 is 6.03 Å². The summed E-state index contributed by atoms with van der Waals surface area (Å²) in [6.45, 7) is 4.10. The van der Waals surface area contributed by atoms with Crippen molar-refractivity contribution >= 4 is 34.9 Å². The molecule has 0 bridgehead atoms. The van der Waals surface area contributed by atoms with Crippen LogP contribution in [0, 0.1) is 0 Å². The minimum atomic E-state index is -0.0204. The zero-order valence-corrected chi connectivity index (χ0v) is 14.2. The normalized spacial score (nSPS) is 15.0. The highest BCUT2D eigenvalue weighted by Crippen LogP contribution is 2.32. The van der Waals surface area contributed by atoms with Gasteiger partial charge in [-0.1, -0.05) is 29.3 Å². The molecule has 0 atom stereocenters. The van der Waals surface area contributed by atoms with E-state index in [0.717, 1.165) is 25.2 Å². The number of hydrogen-bond donors (Lipinski definition) is 1. The molecule has 1 saturated heterocycles. The van der Waals surface area contributed by atoms with E-state index in [2.05, 4.69) is 10.2 Å². The fourth-order valence-electron chi connectivity index (χ4n) is 2.41. The lowest BCUT2D eigenvalue weighted by molar-refractivity contribution is 0.183. The van der Waals surface area contributed by atoms with Crippen LogP contribution in [0.2, 0.25) is 10.0 Å². The number of hydrogen-bond acceptors (Lipinski definition) is 3. The van der Waals surface area contributed by atoms with E-state index in [-0.39, 0.29) is 6.03 Å². The van der Waals surface area contributed by atoms with Crippen LogP contribution in [0.5, 0.6) is 0 Å². The number of halogens is 2. The van der Waals surface area contributed by atoms with Crippen molar-refractivity contribution in [2.24, 2.45) is 0 Å². The molecular formula is C15H21Cl2N3O2. The van der Waals surface area contributed by atoms with Crippen molar-refractivity contribution in [1.29, 1.82) is 0 Å². The summed E-state index contributed by atoms with van der Waals surface area (Å²) in [6, 6.07) is 5.59. The zero-order valence-electron chi connectivity index (χ0n) is 12.6. The molecule has 2 amide bonds. The van der Waals surface area contributed by atoms with Gasteiger partial charge in [-0.15, -0.1) is 0 Å². The summed E-state index contributed by atoms with van der Waals surface area (Å²) in [5.41, 5.74) is 0.925. The molecule has 1 aromatic carbocycles. The molecule has 0 radical (unpaired) electrons. The van der Waals surface area contributed by atoms with Gasteiger partial charge in [-0.05, 0) is 18.6 Å². The fourth-order valence-corrected chi connectivity index (χ4v) is 2.83. The summed E-state index contributed by atoms with van der Waals surface area (Å²) in [7, 11) is 1.65. The number of nitrogens with one attached hydrogen (secondary N) is 1. The monoisotopic (exact) mass is 345 g/mol. The molecule has 22 heavy (non-hydrogen) atoms. The van der Waals surface area contributed by atoms with Crippen LogP contribution in [0.4, 0.5) is 10.5 Å². The molecule has 0 spiro atoms. The van der Waals surface area contributed by atoms with Crippen molar-refractivity contribution < 1.29 is 9.53 Å². The molecule has 5 nitrogen and oxygen atoms in total. The third-order valence-corrected chi connectivity index (χ3v) is 4.45. The summed E-state index contributed by atoms with van der Waals surface area (Å²) < 4.78 is 4.96. The molecule has 1 fully saturated rings. The molecule has 1 aliphatic rings. The molecule has 0 unspecified atom stereocenters. The van der Waals surface area contributed by atoms with Crippen LogP contribution in [-0.4, -0.2) is 57.4 Å². The fraction of sp³-hybridized carbons (Fsp3) is 0.533. The number of piperazine rings is 1. The lowest BCUT2D eigenvalue weighted by Crippen LogP contribution is -2.52. The van der Waals surface area contributed by atoms with E-state index >= 15 is 0 Å². The minimum absolute atomic E-state index is 0.0204. The van der Waals surface area contributed by atoms with Crippen LogP contribution in [0.3, 0.4) is 0 Å². The van der Waals surface area contributed by atoms with Gasteiger partial charge in [-0.2, -0.15) is 0 Å². The number of nitrogens with zero attached hydrogens (tertiary/aromatic N) is 2. The van der Waals surface area contributed by atoms with Gasteiger partial charge in [0.15, 0.2) is 0 Å². The van der Waals surface area contributed by atoms with Crippen molar-refractivity contribution in [3.05, 3.63) is 28.2 Å². The van der Waals surface area contributed by atoms with Gasteiger partial charge in [0.25, 0.3) is 0 Å². The van der Waals surface area contributed by atoms with Gasteiger partial charge in [0.05, 0.1) is 15.7 Å². The molecule has 122 valence electrons. The molecule has 1 heterocycles. The van der Waals surface area contributed by atoms with Gasteiger partial charge in [0, 0.05) is 46.4 Å². The van der Waals surface area contributed by atoms with Crippen LogP contribution >= 0.6 is 23.2 Å². The van der Waals surface area contributed by atoms with E-state index in [1.54, 1.807) is 13.2 Å². The Hall–Kier alpha value is -1.17. The topological polar surface area (TPSA) is 44.8 Å². The first kappa shape index (κ1) is 17.2. The first-order valence-corrected chi connectivity index (χ1v) is 8.09. The summed E-state index contributed by atoms with van der Waals surface area (Å²) in [5.74, 6) is 0. The van der Waals surface area contributed by atoms with Crippen LogP contribution in [-0.2, 0) is 4.74 Å². The Bertz CT molecular complexity index is 506. The van der Waals surface area contributed by atoms with Gasteiger partial charge in [-0.3, -0.25) is 0 Å². The summed E-state index contributed by atoms with van der Waals surface area (Å²) in [5, 5.41) is 4.03. The van der Waals surface area contributed by atoms with Crippen LogP contribution in [0.1, 0.15) is 6.42 Å². The Labute approximate surface area is 141 Å². The molecule has 7 heteroatoms. The Morgan fingerprint density at radius 1 is 1.27 bits per heavy atom. The average molecular weight is 346 g/mol. The predicted molar refractivity (Wildman–Crippen MR) is 90.1 cm³/mol. The number of urea groups is 1. The largest absolute Gasteiger partial charge is 0.385 e. The number of methoxy groups -OCH3 is 1. The Morgan fingerprint density at radius 2 is 2.00 bits per heavy atom. The van der Waals surface area contributed by atoms with E-state index in [0.29, 0.717) is 36.3 Å². The number of carbonyl (C=O) groups excluding carboxylic acids is 1. The second-order valence-electron chi connectivity index (χ2n) is 5.13. The van der Waals surface area contributed by atoms with E-state index in [1.807, 2.05) is 17.0 Å². The highest BCUT2D eigenvalue weighted by atomic mass is 35.5. The summed E-state index contributed by atoms with van der Waals surface area (Å²) in [6.07, 6.45) is 0.820. The lowest BCUT2D eigenvalue weighted by atomic mass is 10.2. The number of anilines is 1. The Kier molecular flexibility index (Phi) is 6.61. The van der Waals surface area contributed by atoms with Crippen molar-refractivity contribution in [2.45, 2.75) is 6.42 Å². The van der Waals surface area contributed by atoms with E-state index in [9.17, 15) is 4.79 Å². The molecule has 1 aromatic rings. The maximum absolute atomic E-state index is 12.0. The maximum Gasteiger partial charge on any atom is 0.317 e. The summed E-state index contributed by atoms with van der Waals surface area (Å²) in [4.78, 5) is 16.0. The molecular weight excluding hydrogens is 325 g/mol. The van der Waals surface area contributed by atoms with Crippen molar-refractivity contribution in [3.8, 4) is 0 Å². The molecule has 0 saturated carbocycles. The lowest BCUT2D eigenvalue weighted by Gasteiger charge is -2.36. The Balaban J connectivity index is 1.82. The highest BCUT2D eigenvalue weighted by molar-refractivity contribution is 6.43. The molecule has 0 aliphatic carbocycles. The first-order chi connectivity index (χ1) is 10.6. The van der Waals surface area contributed by atoms with Gasteiger partial charge < -0.3 is 19.9 Å². The van der Waals surface area contributed by atoms with Gasteiger partial charge in [-0.25, -0.2) is 4.79 Å².